The van der Waals surface area contributed by atoms with Crippen LogP contribution in [0.25, 0.3) is 0 Å². The first kappa shape index (κ1) is 12.1. The van der Waals surface area contributed by atoms with Gasteiger partial charge in [-0.05, 0) is 43.3 Å². The van der Waals surface area contributed by atoms with Crippen molar-refractivity contribution >= 4 is 15.9 Å². The molecule has 3 nitrogen and oxygen atoms in total. The topological polar surface area (TPSA) is 42.4 Å². The number of rotatable bonds is 3. The molecule has 0 amide bonds. The molecule has 17 heavy (non-hydrogen) atoms. The van der Waals surface area contributed by atoms with Crippen molar-refractivity contribution in [3.8, 4) is 11.5 Å². The molecule has 0 aliphatic carbocycles. The molecule has 2 aromatic rings. The van der Waals surface area contributed by atoms with Gasteiger partial charge in [-0.3, -0.25) is 4.98 Å². The van der Waals surface area contributed by atoms with E-state index in [9.17, 15) is 5.11 Å². The Hall–Kier alpha value is -1.39. The number of pyridine rings is 1. The van der Waals surface area contributed by atoms with E-state index in [2.05, 4.69) is 20.9 Å². The number of halogens is 1. The smallest absolute Gasteiger partial charge is 0.145 e. The van der Waals surface area contributed by atoms with Crippen molar-refractivity contribution in [2.24, 2.45) is 0 Å². The third kappa shape index (κ3) is 3.28. The second-order valence-corrected chi connectivity index (χ2v) is 4.57. The summed E-state index contributed by atoms with van der Waals surface area (Å²) in [5.74, 6) is 1.40. The van der Waals surface area contributed by atoms with Gasteiger partial charge in [-0.25, -0.2) is 0 Å². The van der Waals surface area contributed by atoms with E-state index in [1.807, 2.05) is 24.3 Å². The summed E-state index contributed by atoms with van der Waals surface area (Å²) in [6.45, 7) is 1.68. The average molecular weight is 294 g/mol. The molecule has 88 valence electrons. The molecule has 1 N–H and O–H groups in total. The summed E-state index contributed by atoms with van der Waals surface area (Å²) in [5.41, 5.74) is 0.633. The molecule has 1 atom stereocenters. The standard InChI is InChI=1S/C13H12BrNO2/c1-9(16)13-7-6-12(8-15-13)17-11-4-2-10(14)3-5-11/h2-9,16H,1H3/t9-/m0/s1. The van der Waals surface area contributed by atoms with Crippen molar-refractivity contribution in [3.05, 3.63) is 52.8 Å². The fraction of sp³-hybridized carbons (Fsp3) is 0.154. The van der Waals surface area contributed by atoms with Gasteiger partial charge in [-0.15, -0.1) is 0 Å². The van der Waals surface area contributed by atoms with Crippen molar-refractivity contribution in [2.75, 3.05) is 0 Å². The Morgan fingerprint density at radius 1 is 1.12 bits per heavy atom. The van der Waals surface area contributed by atoms with Crippen molar-refractivity contribution < 1.29 is 9.84 Å². The van der Waals surface area contributed by atoms with Gasteiger partial charge in [0.2, 0.25) is 0 Å². The predicted octanol–water partition coefficient (Wildman–Crippen LogP) is 3.69. The molecular weight excluding hydrogens is 282 g/mol. The van der Waals surface area contributed by atoms with Gasteiger partial charge in [0.1, 0.15) is 11.5 Å². The molecule has 1 aromatic heterocycles. The van der Waals surface area contributed by atoms with Crippen molar-refractivity contribution in [1.29, 1.82) is 0 Å². The Bertz CT molecular complexity index is 480. The predicted molar refractivity (Wildman–Crippen MR) is 69.1 cm³/mol. The molecule has 4 heteroatoms. The normalized spacial score (nSPS) is 12.2. The van der Waals surface area contributed by atoms with E-state index in [0.717, 1.165) is 10.2 Å². The van der Waals surface area contributed by atoms with E-state index in [4.69, 9.17) is 4.74 Å². The van der Waals surface area contributed by atoms with Gasteiger partial charge in [0, 0.05) is 4.47 Å². The molecule has 0 saturated heterocycles. The van der Waals surface area contributed by atoms with Crippen LogP contribution >= 0.6 is 15.9 Å². The molecule has 0 radical (unpaired) electrons. The molecule has 0 aliphatic heterocycles. The zero-order chi connectivity index (χ0) is 12.3. The first-order chi connectivity index (χ1) is 8.15. The Balaban J connectivity index is 2.11. The highest BCUT2D eigenvalue weighted by Crippen LogP contribution is 2.23. The molecule has 2 rings (SSSR count). The van der Waals surface area contributed by atoms with Crippen LogP contribution in [0.4, 0.5) is 0 Å². The number of aliphatic hydroxyl groups excluding tert-OH is 1. The fourth-order valence-electron chi connectivity index (χ4n) is 1.34. The Morgan fingerprint density at radius 3 is 2.29 bits per heavy atom. The highest BCUT2D eigenvalue weighted by atomic mass is 79.9. The van der Waals surface area contributed by atoms with E-state index in [1.165, 1.54) is 0 Å². The van der Waals surface area contributed by atoms with Crippen LogP contribution in [0.3, 0.4) is 0 Å². The van der Waals surface area contributed by atoms with Gasteiger partial charge >= 0.3 is 0 Å². The number of aromatic nitrogens is 1. The largest absolute Gasteiger partial charge is 0.456 e. The third-order valence-electron chi connectivity index (χ3n) is 2.24. The van der Waals surface area contributed by atoms with E-state index < -0.39 is 6.10 Å². The minimum absolute atomic E-state index is 0.559. The van der Waals surface area contributed by atoms with Crippen LogP contribution in [0.5, 0.6) is 11.5 Å². The zero-order valence-corrected chi connectivity index (χ0v) is 10.9. The lowest BCUT2D eigenvalue weighted by Gasteiger charge is -2.07. The molecule has 1 heterocycles. The molecule has 0 spiro atoms. The summed E-state index contributed by atoms with van der Waals surface area (Å²) < 4.78 is 6.61. The summed E-state index contributed by atoms with van der Waals surface area (Å²) in [7, 11) is 0. The lowest BCUT2D eigenvalue weighted by atomic mass is 10.2. The molecule has 0 fully saturated rings. The quantitative estimate of drug-likeness (QED) is 0.938. The molecular formula is C13H12BrNO2. The van der Waals surface area contributed by atoms with E-state index >= 15 is 0 Å². The van der Waals surface area contributed by atoms with Crippen LogP contribution in [0, 0.1) is 0 Å². The van der Waals surface area contributed by atoms with Crippen LogP contribution in [-0.2, 0) is 0 Å². The SMILES string of the molecule is C[C@H](O)c1ccc(Oc2ccc(Br)cc2)cn1. The summed E-state index contributed by atoms with van der Waals surface area (Å²) in [6, 6.07) is 11.1. The van der Waals surface area contributed by atoms with E-state index in [-0.39, 0.29) is 0 Å². The molecule has 0 bridgehead atoms. The monoisotopic (exact) mass is 293 g/mol. The molecule has 0 unspecified atom stereocenters. The Morgan fingerprint density at radius 2 is 1.76 bits per heavy atom. The number of hydrogen-bond acceptors (Lipinski definition) is 3. The zero-order valence-electron chi connectivity index (χ0n) is 9.30. The van der Waals surface area contributed by atoms with Gasteiger partial charge < -0.3 is 9.84 Å². The molecule has 0 saturated carbocycles. The second-order valence-electron chi connectivity index (χ2n) is 3.65. The minimum Gasteiger partial charge on any atom is -0.456 e. The maximum atomic E-state index is 9.33. The molecule has 1 aromatic carbocycles. The third-order valence-corrected chi connectivity index (χ3v) is 2.77. The van der Waals surface area contributed by atoms with Crippen LogP contribution < -0.4 is 4.74 Å². The average Bonchev–Trinajstić information content (AvgIpc) is 2.33. The van der Waals surface area contributed by atoms with Crippen LogP contribution in [0.1, 0.15) is 18.7 Å². The van der Waals surface area contributed by atoms with Gasteiger partial charge in [-0.1, -0.05) is 15.9 Å². The van der Waals surface area contributed by atoms with E-state index in [1.54, 1.807) is 25.3 Å². The summed E-state index contributed by atoms with van der Waals surface area (Å²) in [6.07, 6.45) is 1.04. The fourth-order valence-corrected chi connectivity index (χ4v) is 1.60. The van der Waals surface area contributed by atoms with Crippen molar-refractivity contribution in [1.82, 2.24) is 4.98 Å². The first-order valence-electron chi connectivity index (χ1n) is 5.22. The highest BCUT2D eigenvalue weighted by Gasteiger charge is 2.03. The number of aliphatic hydroxyl groups is 1. The number of nitrogens with zero attached hydrogens (tertiary/aromatic N) is 1. The van der Waals surface area contributed by atoms with Crippen molar-refractivity contribution in [2.45, 2.75) is 13.0 Å². The van der Waals surface area contributed by atoms with Gasteiger partial charge in [-0.2, -0.15) is 0 Å². The van der Waals surface area contributed by atoms with Gasteiger partial charge in [0.25, 0.3) is 0 Å². The second kappa shape index (κ2) is 5.29. The van der Waals surface area contributed by atoms with Gasteiger partial charge in [0.05, 0.1) is 18.0 Å². The summed E-state index contributed by atoms with van der Waals surface area (Å²) >= 11 is 3.36. The number of hydrogen-bond donors (Lipinski definition) is 1. The van der Waals surface area contributed by atoms with Gasteiger partial charge in [0.15, 0.2) is 0 Å². The van der Waals surface area contributed by atoms with E-state index in [0.29, 0.717) is 11.4 Å². The number of benzene rings is 1. The first-order valence-corrected chi connectivity index (χ1v) is 6.02. The lowest BCUT2D eigenvalue weighted by molar-refractivity contribution is 0.194. The van der Waals surface area contributed by atoms with Crippen LogP contribution in [-0.4, -0.2) is 10.1 Å². The lowest BCUT2D eigenvalue weighted by Crippen LogP contribution is -1.95. The van der Waals surface area contributed by atoms with Crippen LogP contribution in [0.2, 0.25) is 0 Å². The minimum atomic E-state index is -0.559. The maximum absolute atomic E-state index is 9.33. The van der Waals surface area contributed by atoms with Crippen LogP contribution in [0.15, 0.2) is 47.1 Å². The molecule has 0 aliphatic rings. The Kier molecular flexibility index (Phi) is 3.76. The summed E-state index contributed by atoms with van der Waals surface area (Å²) in [4.78, 5) is 4.11. The Labute approximate surface area is 108 Å². The summed E-state index contributed by atoms with van der Waals surface area (Å²) in [5, 5.41) is 9.33. The number of ether oxygens (including phenoxy) is 1. The maximum Gasteiger partial charge on any atom is 0.145 e. The van der Waals surface area contributed by atoms with Crippen molar-refractivity contribution in [3.63, 3.8) is 0 Å². The highest BCUT2D eigenvalue weighted by molar-refractivity contribution is 9.10.